The molecule has 2 aliphatic carbocycles. The van der Waals surface area contributed by atoms with E-state index >= 15 is 0 Å². The van der Waals surface area contributed by atoms with Crippen molar-refractivity contribution in [3.63, 3.8) is 0 Å². The number of aromatic nitrogens is 2. The highest BCUT2D eigenvalue weighted by Gasteiger charge is 2.32. The second-order valence-corrected chi connectivity index (χ2v) is 10.3. The summed E-state index contributed by atoms with van der Waals surface area (Å²) in [4.78, 5) is 12.7. The fourth-order valence-electron chi connectivity index (χ4n) is 3.61. The Balaban J connectivity index is 1.32. The quantitative estimate of drug-likeness (QED) is 0.644. The summed E-state index contributed by atoms with van der Waals surface area (Å²) in [6.45, 7) is 0. The molecule has 0 radical (unpaired) electrons. The first kappa shape index (κ1) is 19.1. The third-order valence-electron chi connectivity index (χ3n) is 5.66. The Morgan fingerprint density at radius 1 is 0.967 bits per heavy atom. The normalized spacial score (nSPS) is 16.4. The van der Waals surface area contributed by atoms with Crippen LogP contribution in [0.1, 0.15) is 59.3 Å². The van der Waals surface area contributed by atoms with Gasteiger partial charge in [0, 0.05) is 35.0 Å². The van der Waals surface area contributed by atoms with Gasteiger partial charge in [0.05, 0.1) is 16.3 Å². The number of benzene rings is 2. The monoisotopic (exact) mass is 421 g/mol. The van der Waals surface area contributed by atoms with Gasteiger partial charge in [0.1, 0.15) is 0 Å². The zero-order valence-corrected chi connectivity index (χ0v) is 17.5. The predicted molar refractivity (Wildman–Crippen MR) is 115 cm³/mol. The zero-order valence-electron chi connectivity index (χ0n) is 16.7. The molecular weight excluding hydrogens is 398 g/mol. The van der Waals surface area contributed by atoms with Crippen LogP contribution in [-0.4, -0.2) is 30.4 Å². The van der Waals surface area contributed by atoms with E-state index in [2.05, 4.69) is 16.1 Å². The zero-order chi connectivity index (χ0) is 20.9. The van der Waals surface area contributed by atoms with Gasteiger partial charge in [-0.25, -0.2) is 13.1 Å². The van der Waals surface area contributed by atoms with Crippen LogP contribution in [0.5, 0.6) is 0 Å². The summed E-state index contributed by atoms with van der Waals surface area (Å²) in [6.07, 6.45) is 6.06. The minimum Gasteiger partial charge on any atom is -0.322 e. The lowest BCUT2D eigenvalue weighted by Crippen LogP contribution is -2.12. The van der Waals surface area contributed by atoms with Gasteiger partial charge in [0.15, 0.2) is 9.84 Å². The molecule has 154 valence electrons. The minimum atomic E-state index is -3.28. The molecule has 0 unspecified atom stereocenters. The number of carbonyl (C=O) groups excluding carboxylic acids is 1. The van der Waals surface area contributed by atoms with Crippen LogP contribution in [0.15, 0.2) is 59.5 Å². The number of anilines is 1. The molecular formula is C23H23N3O3S. The van der Waals surface area contributed by atoms with E-state index < -0.39 is 9.84 Å². The van der Waals surface area contributed by atoms with E-state index in [-0.39, 0.29) is 10.8 Å². The van der Waals surface area contributed by atoms with Crippen LogP contribution >= 0.6 is 0 Å². The molecule has 0 bridgehead atoms. The fraction of sp³-hybridized carbons (Fsp3) is 0.304. The van der Waals surface area contributed by atoms with Crippen LogP contribution < -0.4 is 5.32 Å². The maximum Gasteiger partial charge on any atom is 0.255 e. The summed E-state index contributed by atoms with van der Waals surface area (Å²) in [7, 11) is -3.28. The standard InChI is InChI=1S/C23H23N3O3S/c1-30(28,29)20-12-6-17(7-13-20)23(27)24-18-8-10-19(11-9-18)26-22(16-4-5-16)14-21(25-26)15-2-3-15/h6-16H,2-5H2,1H3,(H,24,27). The van der Waals surface area contributed by atoms with Gasteiger partial charge in [-0.05, 0) is 80.3 Å². The molecule has 2 aliphatic rings. The smallest absolute Gasteiger partial charge is 0.255 e. The first-order chi connectivity index (χ1) is 14.4. The highest BCUT2D eigenvalue weighted by Crippen LogP contribution is 2.45. The molecule has 0 spiro atoms. The van der Waals surface area contributed by atoms with Crippen LogP contribution in [0.3, 0.4) is 0 Å². The third-order valence-corrected chi connectivity index (χ3v) is 6.79. The van der Waals surface area contributed by atoms with Crippen molar-refractivity contribution in [2.75, 3.05) is 11.6 Å². The molecule has 2 fully saturated rings. The van der Waals surface area contributed by atoms with Crippen LogP contribution in [0, 0.1) is 0 Å². The van der Waals surface area contributed by atoms with Crippen molar-refractivity contribution in [3.05, 3.63) is 71.5 Å². The van der Waals surface area contributed by atoms with Gasteiger partial charge in [0.2, 0.25) is 0 Å². The van der Waals surface area contributed by atoms with E-state index in [0.29, 0.717) is 23.1 Å². The fourth-order valence-corrected chi connectivity index (χ4v) is 4.24. The summed E-state index contributed by atoms with van der Waals surface area (Å²) < 4.78 is 25.2. The van der Waals surface area contributed by atoms with Gasteiger partial charge in [0.25, 0.3) is 5.91 Å². The lowest BCUT2D eigenvalue weighted by atomic mass is 10.2. The number of nitrogens with one attached hydrogen (secondary N) is 1. The first-order valence-corrected chi connectivity index (χ1v) is 12.1. The highest BCUT2D eigenvalue weighted by atomic mass is 32.2. The van der Waals surface area contributed by atoms with Gasteiger partial charge < -0.3 is 5.32 Å². The van der Waals surface area contributed by atoms with Crippen molar-refractivity contribution in [1.82, 2.24) is 9.78 Å². The predicted octanol–water partition coefficient (Wildman–Crippen LogP) is 4.28. The molecule has 2 saturated carbocycles. The number of hydrogen-bond donors (Lipinski definition) is 1. The summed E-state index contributed by atoms with van der Waals surface area (Å²) in [5, 5.41) is 7.71. The van der Waals surface area contributed by atoms with E-state index in [0.717, 1.165) is 11.9 Å². The van der Waals surface area contributed by atoms with Crippen molar-refractivity contribution in [2.24, 2.45) is 0 Å². The third kappa shape index (κ3) is 3.89. The van der Waals surface area contributed by atoms with Crippen molar-refractivity contribution >= 4 is 21.4 Å². The summed E-state index contributed by atoms with van der Waals surface area (Å²) >= 11 is 0. The van der Waals surface area contributed by atoms with Crippen LogP contribution in [0.25, 0.3) is 5.69 Å². The number of rotatable bonds is 6. The molecule has 1 amide bonds. The van der Waals surface area contributed by atoms with Crippen molar-refractivity contribution in [3.8, 4) is 5.69 Å². The number of amides is 1. The van der Waals surface area contributed by atoms with Gasteiger partial charge in [-0.2, -0.15) is 5.10 Å². The average molecular weight is 422 g/mol. The molecule has 0 aliphatic heterocycles. The van der Waals surface area contributed by atoms with E-state index in [1.165, 1.54) is 61.3 Å². The molecule has 0 saturated heterocycles. The Kier molecular flexibility index (Phi) is 4.50. The first-order valence-electron chi connectivity index (χ1n) is 10.2. The Morgan fingerprint density at radius 3 is 2.17 bits per heavy atom. The summed E-state index contributed by atoms with van der Waals surface area (Å²) in [5.41, 5.74) is 4.58. The highest BCUT2D eigenvalue weighted by molar-refractivity contribution is 7.90. The number of nitrogens with zero attached hydrogens (tertiary/aromatic N) is 2. The van der Waals surface area contributed by atoms with Crippen molar-refractivity contribution in [2.45, 2.75) is 42.4 Å². The van der Waals surface area contributed by atoms with Gasteiger partial charge in [-0.3, -0.25) is 4.79 Å². The molecule has 0 atom stereocenters. The van der Waals surface area contributed by atoms with Crippen molar-refractivity contribution < 1.29 is 13.2 Å². The van der Waals surface area contributed by atoms with E-state index in [4.69, 9.17) is 5.10 Å². The molecule has 5 rings (SSSR count). The largest absolute Gasteiger partial charge is 0.322 e. The molecule has 6 nitrogen and oxygen atoms in total. The second kappa shape index (κ2) is 7.09. The molecule has 1 N–H and O–H groups in total. The van der Waals surface area contributed by atoms with Crippen LogP contribution in [0.4, 0.5) is 5.69 Å². The van der Waals surface area contributed by atoms with Crippen LogP contribution in [-0.2, 0) is 9.84 Å². The topological polar surface area (TPSA) is 81.1 Å². The number of sulfone groups is 1. The minimum absolute atomic E-state index is 0.194. The molecule has 3 aromatic rings. The Labute approximate surface area is 175 Å². The maximum atomic E-state index is 12.5. The molecule has 1 aromatic heterocycles. The average Bonchev–Trinajstić information content (AvgIpc) is 3.66. The summed E-state index contributed by atoms with van der Waals surface area (Å²) in [5.74, 6) is 0.951. The molecule has 2 aromatic carbocycles. The lowest BCUT2D eigenvalue weighted by Gasteiger charge is -2.09. The lowest BCUT2D eigenvalue weighted by molar-refractivity contribution is 0.102. The van der Waals surface area contributed by atoms with Gasteiger partial charge >= 0.3 is 0 Å². The van der Waals surface area contributed by atoms with E-state index in [1.807, 2.05) is 24.3 Å². The Hall–Kier alpha value is -2.93. The van der Waals surface area contributed by atoms with E-state index in [9.17, 15) is 13.2 Å². The number of carbonyl (C=O) groups is 1. The second-order valence-electron chi connectivity index (χ2n) is 8.25. The Bertz CT molecular complexity index is 1200. The Morgan fingerprint density at radius 2 is 1.60 bits per heavy atom. The van der Waals surface area contributed by atoms with Crippen LogP contribution in [0.2, 0.25) is 0 Å². The van der Waals surface area contributed by atoms with E-state index in [1.54, 1.807) is 0 Å². The van der Waals surface area contributed by atoms with Crippen molar-refractivity contribution in [1.29, 1.82) is 0 Å². The van der Waals surface area contributed by atoms with Gasteiger partial charge in [-0.1, -0.05) is 0 Å². The molecule has 7 heteroatoms. The van der Waals surface area contributed by atoms with Gasteiger partial charge in [-0.15, -0.1) is 0 Å². The maximum absolute atomic E-state index is 12.5. The SMILES string of the molecule is CS(=O)(=O)c1ccc(C(=O)Nc2ccc(-n3nc(C4CC4)cc3C3CC3)cc2)cc1. The molecule has 30 heavy (non-hydrogen) atoms. The molecule has 1 heterocycles. The summed E-state index contributed by atoms with van der Waals surface area (Å²) in [6, 6.07) is 15.9. The number of hydrogen-bond acceptors (Lipinski definition) is 4.